The van der Waals surface area contributed by atoms with Crippen LogP contribution >= 0.6 is 0 Å². The third-order valence-electron chi connectivity index (χ3n) is 10.4. The minimum absolute atomic E-state index is 0.128. The van der Waals surface area contributed by atoms with Crippen molar-refractivity contribution in [1.29, 1.82) is 0 Å². The number of anilines is 1. The SMILES string of the molecule is CC(C)Oc1ccc(-n2c3ccc(-c4ccccc4)cc3c3cc(-c4ccc(N(C5=CCC(c6ccccc6)C#C5)C5=CC=CCC5)cc4)ccc32)cc1. The van der Waals surface area contributed by atoms with Crippen LogP contribution in [0.1, 0.15) is 44.6 Å². The fourth-order valence-electron chi connectivity index (χ4n) is 7.83. The molecule has 1 aromatic heterocycles. The summed E-state index contributed by atoms with van der Waals surface area (Å²) in [5.74, 6) is 8.23. The summed E-state index contributed by atoms with van der Waals surface area (Å²) in [5.41, 5.74) is 13.0. The minimum atomic E-state index is 0.128. The number of hydrogen-bond donors (Lipinski definition) is 0. The van der Waals surface area contributed by atoms with Crippen LogP contribution in [-0.2, 0) is 0 Å². The number of fused-ring (bicyclic) bond motifs is 3. The number of ether oxygens (including phenoxy) is 1. The molecule has 2 aliphatic carbocycles. The third-order valence-corrected chi connectivity index (χ3v) is 10.4. The second-order valence-corrected chi connectivity index (χ2v) is 14.4. The normalized spacial score (nSPS) is 15.1. The maximum absolute atomic E-state index is 5.98. The molecule has 1 atom stereocenters. The maximum Gasteiger partial charge on any atom is 0.119 e. The average molecular weight is 699 g/mol. The van der Waals surface area contributed by atoms with Crippen LogP contribution in [0.25, 0.3) is 49.7 Å². The Kier molecular flexibility index (Phi) is 8.95. The lowest BCUT2D eigenvalue weighted by Crippen LogP contribution is -2.23. The lowest BCUT2D eigenvalue weighted by molar-refractivity contribution is 0.242. The summed E-state index contributed by atoms with van der Waals surface area (Å²) in [7, 11) is 0. The van der Waals surface area contributed by atoms with Gasteiger partial charge in [0.15, 0.2) is 0 Å². The van der Waals surface area contributed by atoms with Crippen LogP contribution in [0.4, 0.5) is 5.69 Å². The molecule has 7 aromatic rings. The Morgan fingerprint density at radius 3 is 1.91 bits per heavy atom. The molecule has 0 aliphatic heterocycles. The number of allylic oxidation sites excluding steroid dienone is 6. The van der Waals surface area contributed by atoms with Crippen LogP contribution < -0.4 is 9.64 Å². The molecule has 54 heavy (non-hydrogen) atoms. The highest BCUT2D eigenvalue weighted by Gasteiger charge is 2.21. The Bertz CT molecular complexity index is 2610. The minimum Gasteiger partial charge on any atom is -0.491 e. The van der Waals surface area contributed by atoms with Gasteiger partial charge in [0.1, 0.15) is 5.75 Å². The second kappa shape index (κ2) is 14.5. The lowest BCUT2D eigenvalue weighted by atomic mass is 9.93. The predicted molar refractivity (Wildman–Crippen MR) is 226 cm³/mol. The van der Waals surface area contributed by atoms with Crippen LogP contribution in [0.3, 0.4) is 0 Å². The smallest absolute Gasteiger partial charge is 0.119 e. The fourth-order valence-corrected chi connectivity index (χ4v) is 7.83. The van der Waals surface area contributed by atoms with Crippen molar-refractivity contribution in [3.8, 4) is 45.5 Å². The molecule has 0 saturated carbocycles. The zero-order chi connectivity index (χ0) is 36.4. The predicted octanol–water partition coefficient (Wildman–Crippen LogP) is 13.0. The molecule has 0 N–H and O–H groups in total. The first-order valence-corrected chi connectivity index (χ1v) is 19.0. The van der Waals surface area contributed by atoms with E-state index in [1.807, 2.05) is 0 Å². The highest BCUT2D eigenvalue weighted by atomic mass is 16.5. The van der Waals surface area contributed by atoms with Crippen LogP contribution in [0.15, 0.2) is 181 Å². The molecule has 1 heterocycles. The van der Waals surface area contributed by atoms with Crippen molar-refractivity contribution >= 4 is 27.5 Å². The summed E-state index contributed by atoms with van der Waals surface area (Å²) in [6.45, 7) is 4.12. The quantitative estimate of drug-likeness (QED) is 0.140. The van der Waals surface area contributed by atoms with Gasteiger partial charge >= 0.3 is 0 Å². The Morgan fingerprint density at radius 2 is 1.31 bits per heavy atom. The van der Waals surface area contributed by atoms with E-state index in [2.05, 4.69) is 205 Å². The number of hydrogen-bond acceptors (Lipinski definition) is 2. The van der Waals surface area contributed by atoms with E-state index in [4.69, 9.17) is 4.74 Å². The van der Waals surface area contributed by atoms with Crippen LogP contribution in [0.5, 0.6) is 5.75 Å². The largest absolute Gasteiger partial charge is 0.491 e. The monoisotopic (exact) mass is 698 g/mol. The first-order chi connectivity index (χ1) is 26.6. The highest BCUT2D eigenvalue weighted by Crippen LogP contribution is 2.39. The molecule has 2 aliphatic rings. The van der Waals surface area contributed by atoms with E-state index in [-0.39, 0.29) is 12.0 Å². The number of rotatable bonds is 9. The first-order valence-electron chi connectivity index (χ1n) is 19.0. The van der Waals surface area contributed by atoms with E-state index in [0.29, 0.717) is 0 Å². The molecule has 262 valence electrons. The van der Waals surface area contributed by atoms with E-state index >= 15 is 0 Å². The Balaban J connectivity index is 1.10. The maximum atomic E-state index is 5.98. The molecule has 3 nitrogen and oxygen atoms in total. The number of benzene rings is 6. The van der Waals surface area contributed by atoms with E-state index in [9.17, 15) is 0 Å². The highest BCUT2D eigenvalue weighted by molar-refractivity contribution is 6.11. The molecule has 0 bridgehead atoms. The number of aromatic nitrogens is 1. The van der Waals surface area contributed by atoms with Crippen LogP contribution in [0.2, 0.25) is 0 Å². The molecule has 3 heteroatoms. The van der Waals surface area contributed by atoms with Gasteiger partial charge in [-0.15, -0.1) is 0 Å². The summed E-state index contributed by atoms with van der Waals surface area (Å²) >= 11 is 0. The molecule has 0 saturated heterocycles. The zero-order valence-corrected chi connectivity index (χ0v) is 30.7. The summed E-state index contributed by atoms with van der Waals surface area (Å²) in [4.78, 5) is 2.36. The second-order valence-electron chi connectivity index (χ2n) is 14.4. The van der Waals surface area contributed by atoms with Crippen molar-refractivity contribution in [1.82, 2.24) is 4.57 Å². The van der Waals surface area contributed by atoms with Gasteiger partial charge in [-0.25, -0.2) is 0 Å². The molecule has 1 unspecified atom stereocenters. The van der Waals surface area contributed by atoms with Gasteiger partial charge in [0.25, 0.3) is 0 Å². The van der Waals surface area contributed by atoms with Gasteiger partial charge in [0.2, 0.25) is 0 Å². The average Bonchev–Trinajstić information content (AvgIpc) is 3.55. The third kappa shape index (κ3) is 6.53. The van der Waals surface area contributed by atoms with E-state index in [0.717, 1.165) is 42.1 Å². The zero-order valence-electron chi connectivity index (χ0n) is 30.7. The Morgan fingerprint density at radius 1 is 0.685 bits per heavy atom. The van der Waals surface area contributed by atoms with Gasteiger partial charge in [0.05, 0.1) is 22.8 Å². The molecular weight excluding hydrogens is 657 g/mol. The first kappa shape index (κ1) is 33.3. The van der Waals surface area contributed by atoms with E-state index in [1.54, 1.807) is 0 Å². The molecule has 0 amide bonds. The van der Waals surface area contributed by atoms with Crippen LogP contribution in [-0.4, -0.2) is 10.7 Å². The topological polar surface area (TPSA) is 17.4 Å². The van der Waals surface area contributed by atoms with Crippen molar-refractivity contribution in [2.75, 3.05) is 4.90 Å². The van der Waals surface area contributed by atoms with Gasteiger partial charge in [-0.3, -0.25) is 0 Å². The molecular formula is C51H42N2O. The lowest BCUT2D eigenvalue weighted by Gasteiger charge is -2.30. The van der Waals surface area contributed by atoms with Crippen LogP contribution in [0, 0.1) is 11.8 Å². The van der Waals surface area contributed by atoms with E-state index < -0.39 is 0 Å². The molecule has 9 rings (SSSR count). The van der Waals surface area contributed by atoms with Gasteiger partial charge in [-0.1, -0.05) is 109 Å². The Labute approximate surface area is 318 Å². The summed E-state index contributed by atoms with van der Waals surface area (Å²) in [5, 5.41) is 2.45. The summed E-state index contributed by atoms with van der Waals surface area (Å²) in [6.07, 6.45) is 12.0. The van der Waals surface area contributed by atoms with Gasteiger partial charge in [-0.2, -0.15) is 0 Å². The van der Waals surface area contributed by atoms with Gasteiger partial charge in [-0.05, 0) is 134 Å². The fraction of sp³-hybridized carbons (Fsp3) is 0.137. The molecule has 6 aromatic carbocycles. The molecule has 0 fully saturated rings. The van der Waals surface area contributed by atoms with Crippen molar-refractivity contribution in [3.63, 3.8) is 0 Å². The summed E-state index contributed by atoms with van der Waals surface area (Å²) < 4.78 is 8.35. The Hall–Kier alpha value is -6.50. The van der Waals surface area contributed by atoms with Crippen molar-refractivity contribution in [2.24, 2.45) is 0 Å². The standard InChI is InChI=1S/C51H42N2O/c1-36(2)54-47-30-28-46(29-31-47)53-50-32-22-41(38-14-8-4-9-15-38)34-48(50)49-35-42(23-33-51(49)53)40-20-26-45(27-21-40)52(43-16-10-5-11-17-43)44-24-18-39(19-25-44)37-12-6-3-7-13-37/h3-10,12-16,20-24,26-36,39H,11,17-18H2,1-2H3. The van der Waals surface area contributed by atoms with Gasteiger partial charge in [0, 0.05) is 33.8 Å². The number of nitrogens with zero attached hydrogens (tertiary/aromatic N) is 2. The molecule has 0 spiro atoms. The molecule has 0 radical (unpaired) electrons. The van der Waals surface area contributed by atoms with Crippen molar-refractivity contribution < 1.29 is 4.74 Å². The van der Waals surface area contributed by atoms with Crippen molar-refractivity contribution in [3.05, 3.63) is 187 Å². The summed E-state index contributed by atoms with van der Waals surface area (Å²) in [6, 6.07) is 52.5. The van der Waals surface area contributed by atoms with Gasteiger partial charge < -0.3 is 14.2 Å². The van der Waals surface area contributed by atoms with Crippen molar-refractivity contribution in [2.45, 2.75) is 45.1 Å². The van der Waals surface area contributed by atoms with E-state index in [1.165, 1.54) is 55.3 Å².